The van der Waals surface area contributed by atoms with Crippen molar-refractivity contribution in [2.24, 2.45) is 5.41 Å². The van der Waals surface area contributed by atoms with Crippen molar-refractivity contribution in [3.8, 4) is 0 Å². The summed E-state index contributed by atoms with van der Waals surface area (Å²) in [6.45, 7) is 4.34. The topological polar surface area (TPSA) is 90.4 Å². The maximum absolute atomic E-state index is 12.1. The molecule has 2 rings (SSSR count). The molecule has 104 valence electrons. The van der Waals surface area contributed by atoms with Gasteiger partial charge in [0.2, 0.25) is 0 Å². The Labute approximate surface area is 113 Å². The SMILES string of the molecule is CC1(CNC(=O)c2cc(N)cc(N)c2)CCOCC1. The van der Waals surface area contributed by atoms with E-state index in [1.807, 2.05) is 0 Å². The van der Waals surface area contributed by atoms with Crippen LogP contribution in [0.3, 0.4) is 0 Å². The minimum Gasteiger partial charge on any atom is -0.399 e. The maximum atomic E-state index is 12.1. The molecule has 1 aliphatic rings. The largest absolute Gasteiger partial charge is 0.399 e. The smallest absolute Gasteiger partial charge is 0.251 e. The second-order valence-electron chi connectivity index (χ2n) is 5.49. The first-order chi connectivity index (χ1) is 8.98. The standard InChI is InChI=1S/C14H21N3O2/c1-14(2-4-19-5-3-14)9-17-13(18)10-6-11(15)8-12(16)7-10/h6-8H,2-5,9,15-16H2,1H3,(H,17,18). The third-order valence-corrected chi connectivity index (χ3v) is 3.62. The van der Waals surface area contributed by atoms with Gasteiger partial charge < -0.3 is 21.5 Å². The molecule has 1 amide bonds. The fourth-order valence-corrected chi connectivity index (χ4v) is 2.24. The van der Waals surface area contributed by atoms with Crippen LogP contribution >= 0.6 is 0 Å². The molecule has 0 bridgehead atoms. The molecule has 5 heteroatoms. The number of amides is 1. The number of nitrogens with two attached hydrogens (primary N) is 2. The van der Waals surface area contributed by atoms with E-state index < -0.39 is 0 Å². The predicted molar refractivity (Wildman–Crippen MR) is 75.8 cm³/mol. The number of carbonyl (C=O) groups is 1. The Balaban J connectivity index is 1.97. The number of ether oxygens (including phenoxy) is 1. The highest BCUT2D eigenvalue weighted by Gasteiger charge is 2.27. The summed E-state index contributed by atoms with van der Waals surface area (Å²) in [5, 5.41) is 2.96. The van der Waals surface area contributed by atoms with E-state index in [-0.39, 0.29) is 11.3 Å². The second kappa shape index (κ2) is 5.48. The van der Waals surface area contributed by atoms with Crippen LogP contribution in [-0.4, -0.2) is 25.7 Å². The average Bonchev–Trinajstić information content (AvgIpc) is 2.36. The zero-order valence-corrected chi connectivity index (χ0v) is 11.2. The summed E-state index contributed by atoms with van der Waals surface area (Å²) < 4.78 is 5.34. The van der Waals surface area contributed by atoms with Gasteiger partial charge in [0.1, 0.15) is 0 Å². The summed E-state index contributed by atoms with van der Waals surface area (Å²) in [6.07, 6.45) is 1.93. The Morgan fingerprint density at radius 3 is 2.42 bits per heavy atom. The summed E-state index contributed by atoms with van der Waals surface area (Å²) in [6, 6.07) is 4.91. The number of nitrogens with one attached hydrogen (secondary N) is 1. The highest BCUT2D eigenvalue weighted by atomic mass is 16.5. The van der Waals surface area contributed by atoms with Crippen molar-refractivity contribution in [2.75, 3.05) is 31.2 Å². The maximum Gasteiger partial charge on any atom is 0.251 e. The number of hydrogen-bond acceptors (Lipinski definition) is 4. The van der Waals surface area contributed by atoms with Gasteiger partial charge in [-0.05, 0) is 36.5 Å². The first-order valence-corrected chi connectivity index (χ1v) is 6.51. The van der Waals surface area contributed by atoms with E-state index in [0.29, 0.717) is 23.5 Å². The van der Waals surface area contributed by atoms with Crippen molar-refractivity contribution in [3.05, 3.63) is 23.8 Å². The van der Waals surface area contributed by atoms with E-state index in [2.05, 4.69) is 12.2 Å². The lowest BCUT2D eigenvalue weighted by molar-refractivity contribution is 0.0238. The summed E-state index contributed by atoms with van der Waals surface area (Å²) >= 11 is 0. The minimum atomic E-state index is -0.133. The Bertz CT molecular complexity index is 448. The van der Waals surface area contributed by atoms with Crippen molar-refractivity contribution in [1.82, 2.24) is 5.32 Å². The van der Waals surface area contributed by atoms with Gasteiger partial charge in [-0.2, -0.15) is 0 Å². The molecule has 0 unspecified atom stereocenters. The van der Waals surface area contributed by atoms with Gasteiger partial charge in [0.05, 0.1) is 0 Å². The Morgan fingerprint density at radius 1 is 1.26 bits per heavy atom. The Kier molecular flexibility index (Phi) is 3.95. The van der Waals surface area contributed by atoms with Crippen LogP contribution in [0.15, 0.2) is 18.2 Å². The molecule has 0 radical (unpaired) electrons. The number of nitrogen functional groups attached to an aromatic ring is 2. The quantitative estimate of drug-likeness (QED) is 0.719. The first-order valence-electron chi connectivity index (χ1n) is 6.51. The Hall–Kier alpha value is -1.75. The van der Waals surface area contributed by atoms with Gasteiger partial charge in [-0.15, -0.1) is 0 Å². The molecule has 0 spiro atoms. The van der Waals surface area contributed by atoms with Crippen molar-refractivity contribution in [2.45, 2.75) is 19.8 Å². The van der Waals surface area contributed by atoms with Gasteiger partial charge in [-0.1, -0.05) is 6.92 Å². The lowest BCUT2D eigenvalue weighted by Crippen LogP contribution is -2.39. The van der Waals surface area contributed by atoms with Crippen molar-refractivity contribution in [3.63, 3.8) is 0 Å². The summed E-state index contributed by atoms with van der Waals surface area (Å²) in [7, 11) is 0. The van der Waals surface area contributed by atoms with Crippen molar-refractivity contribution in [1.29, 1.82) is 0 Å². The van der Waals surface area contributed by atoms with Gasteiger partial charge in [0.25, 0.3) is 5.91 Å². The molecular formula is C14H21N3O2. The summed E-state index contributed by atoms with van der Waals surface area (Å²) in [4.78, 5) is 12.1. The summed E-state index contributed by atoms with van der Waals surface area (Å²) in [5.41, 5.74) is 13.0. The van der Waals surface area contributed by atoms with Crippen LogP contribution in [0.1, 0.15) is 30.1 Å². The third kappa shape index (κ3) is 3.61. The fourth-order valence-electron chi connectivity index (χ4n) is 2.24. The molecule has 1 fully saturated rings. The normalized spacial score (nSPS) is 17.9. The molecular weight excluding hydrogens is 242 g/mol. The molecule has 0 aliphatic carbocycles. The number of benzene rings is 1. The molecule has 5 nitrogen and oxygen atoms in total. The van der Waals surface area contributed by atoms with Gasteiger partial charge in [-0.3, -0.25) is 4.79 Å². The fraction of sp³-hybridized carbons (Fsp3) is 0.500. The molecule has 0 atom stereocenters. The van der Waals surface area contributed by atoms with Gasteiger partial charge in [0.15, 0.2) is 0 Å². The second-order valence-corrected chi connectivity index (χ2v) is 5.49. The number of anilines is 2. The monoisotopic (exact) mass is 263 g/mol. The van der Waals surface area contributed by atoms with E-state index in [1.165, 1.54) is 0 Å². The van der Waals surface area contributed by atoms with E-state index in [1.54, 1.807) is 18.2 Å². The molecule has 0 aromatic heterocycles. The van der Waals surface area contributed by atoms with E-state index in [0.717, 1.165) is 26.1 Å². The highest BCUT2D eigenvalue weighted by molar-refractivity contribution is 5.96. The molecule has 1 aliphatic heterocycles. The molecule has 1 heterocycles. The van der Waals surface area contributed by atoms with Crippen LogP contribution in [0, 0.1) is 5.41 Å². The van der Waals surface area contributed by atoms with E-state index in [4.69, 9.17) is 16.2 Å². The van der Waals surface area contributed by atoms with Crippen LogP contribution < -0.4 is 16.8 Å². The van der Waals surface area contributed by atoms with Gasteiger partial charge in [0, 0.05) is 36.7 Å². The Morgan fingerprint density at radius 2 is 1.84 bits per heavy atom. The molecule has 19 heavy (non-hydrogen) atoms. The predicted octanol–water partition coefficient (Wildman–Crippen LogP) is 1.40. The minimum absolute atomic E-state index is 0.111. The van der Waals surface area contributed by atoms with Crippen LogP contribution in [0.25, 0.3) is 0 Å². The van der Waals surface area contributed by atoms with Crippen molar-refractivity contribution >= 4 is 17.3 Å². The number of hydrogen-bond donors (Lipinski definition) is 3. The van der Waals surface area contributed by atoms with Gasteiger partial charge in [-0.25, -0.2) is 0 Å². The third-order valence-electron chi connectivity index (χ3n) is 3.62. The van der Waals surface area contributed by atoms with Crippen LogP contribution in [0.4, 0.5) is 11.4 Å². The summed E-state index contributed by atoms with van der Waals surface area (Å²) in [5.74, 6) is -0.133. The molecule has 1 aromatic rings. The molecule has 1 aromatic carbocycles. The van der Waals surface area contributed by atoms with Crippen LogP contribution in [0.2, 0.25) is 0 Å². The van der Waals surface area contributed by atoms with Gasteiger partial charge >= 0.3 is 0 Å². The lowest BCUT2D eigenvalue weighted by atomic mass is 9.82. The highest BCUT2D eigenvalue weighted by Crippen LogP contribution is 2.28. The molecule has 1 saturated heterocycles. The molecule has 5 N–H and O–H groups in total. The number of carbonyl (C=O) groups excluding carboxylic acids is 1. The lowest BCUT2D eigenvalue weighted by Gasteiger charge is -2.33. The van der Waals surface area contributed by atoms with Crippen molar-refractivity contribution < 1.29 is 9.53 Å². The zero-order chi connectivity index (χ0) is 13.9. The van der Waals surface area contributed by atoms with Crippen LogP contribution in [0.5, 0.6) is 0 Å². The number of rotatable bonds is 3. The first kappa shape index (κ1) is 13.7. The zero-order valence-electron chi connectivity index (χ0n) is 11.2. The van der Waals surface area contributed by atoms with E-state index in [9.17, 15) is 4.79 Å². The average molecular weight is 263 g/mol. The van der Waals surface area contributed by atoms with E-state index >= 15 is 0 Å². The molecule has 0 saturated carbocycles. The van der Waals surface area contributed by atoms with Crippen LogP contribution in [-0.2, 0) is 4.74 Å².